The molecule has 98 valence electrons. The summed E-state index contributed by atoms with van der Waals surface area (Å²) in [6, 6.07) is 14.1. The van der Waals surface area contributed by atoms with Gasteiger partial charge in [0.05, 0.1) is 10.0 Å². The molecule has 0 radical (unpaired) electrons. The highest BCUT2D eigenvalue weighted by Crippen LogP contribution is 2.38. The molecule has 2 aromatic rings. The predicted octanol–water partition coefficient (Wildman–Crippen LogP) is 4.54. The van der Waals surface area contributed by atoms with Gasteiger partial charge in [-0.05, 0) is 36.2 Å². The van der Waals surface area contributed by atoms with E-state index >= 15 is 0 Å². The fourth-order valence-electron chi connectivity index (χ4n) is 2.51. The van der Waals surface area contributed by atoms with Crippen molar-refractivity contribution in [2.75, 3.05) is 11.4 Å². The molecule has 0 saturated heterocycles. The second-order valence-corrected chi connectivity index (χ2v) is 5.52. The van der Waals surface area contributed by atoms with E-state index in [1.165, 1.54) is 5.56 Å². The van der Waals surface area contributed by atoms with Crippen LogP contribution in [0.5, 0.6) is 0 Å². The third-order valence-corrected chi connectivity index (χ3v) is 4.24. The zero-order valence-corrected chi connectivity index (χ0v) is 11.8. The lowest BCUT2D eigenvalue weighted by molar-refractivity contribution is 0.625. The molecule has 0 aliphatic carbocycles. The Labute approximate surface area is 122 Å². The maximum absolute atomic E-state index is 6.17. The lowest BCUT2D eigenvalue weighted by Gasteiger charge is -2.34. The first-order valence-electron chi connectivity index (χ1n) is 6.24. The topological polar surface area (TPSA) is 29.3 Å². The second-order valence-electron chi connectivity index (χ2n) is 4.70. The summed E-state index contributed by atoms with van der Waals surface area (Å²) < 4.78 is 0. The van der Waals surface area contributed by atoms with Crippen molar-refractivity contribution in [1.29, 1.82) is 0 Å². The summed E-state index contributed by atoms with van der Waals surface area (Å²) in [7, 11) is 0. The van der Waals surface area contributed by atoms with E-state index in [1.54, 1.807) is 0 Å². The molecular weight excluding hydrogens is 279 g/mol. The molecule has 0 aromatic heterocycles. The van der Waals surface area contributed by atoms with Crippen LogP contribution in [-0.2, 0) is 0 Å². The lowest BCUT2D eigenvalue weighted by Crippen LogP contribution is -2.30. The van der Waals surface area contributed by atoms with Crippen LogP contribution in [-0.4, -0.2) is 6.54 Å². The Morgan fingerprint density at radius 2 is 1.84 bits per heavy atom. The van der Waals surface area contributed by atoms with Crippen LogP contribution in [0.3, 0.4) is 0 Å². The number of anilines is 2. The van der Waals surface area contributed by atoms with Gasteiger partial charge in [-0.1, -0.05) is 41.4 Å². The minimum atomic E-state index is 0.107. The highest BCUT2D eigenvalue weighted by molar-refractivity contribution is 6.42. The molecule has 2 nitrogen and oxygen atoms in total. The summed E-state index contributed by atoms with van der Waals surface area (Å²) in [6.45, 7) is 0.885. The van der Waals surface area contributed by atoms with Crippen LogP contribution in [0, 0.1) is 0 Å². The number of rotatable bonds is 1. The number of hydrogen-bond acceptors (Lipinski definition) is 2. The summed E-state index contributed by atoms with van der Waals surface area (Å²) in [5.41, 5.74) is 9.55. The predicted molar refractivity (Wildman–Crippen MR) is 81.5 cm³/mol. The molecule has 0 amide bonds. The number of benzene rings is 2. The Balaban J connectivity index is 2.07. The van der Waals surface area contributed by atoms with Crippen LogP contribution in [0.1, 0.15) is 18.0 Å². The molecule has 0 bridgehead atoms. The fraction of sp³-hybridized carbons (Fsp3) is 0.200. The van der Waals surface area contributed by atoms with E-state index in [-0.39, 0.29) is 6.04 Å². The molecule has 1 aliphatic heterocycles. The van der Waals surface area contributed by atoms with Crippen LogP contribution in [0.15, 0.2) is 42.5 Å². The highest BCUT2D eigenvalue weighted by Gasteiger charge is 2.23. The van der Waals surface area contributed by atoms with E-state index in [0.717, 1.165) is 24.3 Å². The van der Waals surface area contributed by atoms with Crippen LogP contribution in [0.25, 0.3) is 0 Å². The number of nitrogens with zero attached hydrogens (tertiary/aromatic N) is 1. The first-order chi connectivity index (χ1) is 9.16. The second kappa shape index (κ2) is 5.04. The molecule has 2 N–H and O–H groups in total. The third kappa shape index (κ3) is 2.32. The fourth-order valence-corrected chi connectivity index (χ4v) is 2.80. The van der Waals surface area contributed by atoms with Gasteiger partial charge < -0.3 is 10.6 Å². The van der Waals surface area contributed by atoms with E-state index in [2.05, 4.69) is 17.0 Å². The van der Waals surface area contributed by atoms with Crippen molar-refractivity contribution in [3.05, 3.63) is 58.1 Å². The van der Waals surface area contributed by atoms with Gasteiger partial charge in [-0.2, -0.15) is 0 Å². The Morgan fingerprint density at radius 1 is 1.05 bits per heavy atom. The van der Waals surface area contributed by atoms with Crippen molar-refractivity contribution in [3.63, 3.8) is 0 Å². The van der Waals surface area contributed by atoms with Gasteiger partial charge >= 0.3 is 0 Å². The minimum absolute atomic E-state index is 0.107. The van der Waals surface area contributed by atoms with Gasteiger partial charge in [-0.15, -0.1) is 0 Å². The first-order valence-corrected chi connectivity index (χ1v) is 6.99. The molecule has 19 heavy (non-hydrogen) atoms. The standard InChI is InChI=1S/C15H14Cl2N2/c16-12-6-5-10(9-13(12)17)19-8-7-14(18)11-3-1-2-4-15(11)19/h1-6,9,14H,7-8,18H2. The third-order valence-electron chi connectivity index (χ3n) is 3.51. The van der Waals surface area contributed by atoms with Crippen LogP contribution in [0.4, 0.5) is 11.4 Å². The molecule has 1 heterocycles. The zero-order valence-electron chi connectivity index (χ0n) is 10.3. The van der Waals surface area contributed by atoms with Crippen LogP contribution < -0.4 is 10.6 Å². The maximum atomic E-state index is 6.17. The summed E-state index contributed by atoms with van der Waals surface area (Å²) in [6.07, 6.45) is 0.928. The van der Waals surface area contributed by atoms with Crippen molar-refractivity contribution in [2.24, 2.45) is 5.73 Å². The molecule has 1 aliphatic rings. The molecular formula is C15H14Cl2N2. The van der Waals surface area contributed by atoms with E-state index in [9.17, 15) is 0 Å². The Hall–Kier alpha value is -1.22. The van der Waals surface area contributed by atoms with Crippen molar-refractivity contribution >= 4 is 34.6 Å². The normalized spacial score (nSPS) is 18.3. The molecule has 0 fully saturated rings. The van der Waals surface area contributed by atoms with Gasteiger partial charge in [-0.3, -0.25) is 0 Å². The van der Waals surface area contributed by atoms with Gasteiger partial charge in [0.2, 0.25) is 0 Å². The summed E-state index contributed by atoms with van der Waals surface area (Å²) in [4.78, 5) is 2.24. The maximum Gasteiger partial charge on any atom is 0.0613 e. The highest BCUT2D eigenvalue weighted by atomic mass is 35.5. The molecule has 1 unspecified atom stereocenters. The summed E-state index contributed by atoms with van der Waals surface area (Å²) in [5.74, 6) is 0. The molecule has 0 saturated carbocycles. The Bertz CT molecular complexity index is 613. The van der Waals surface area contributed by atoms with Crippen molar-refractivity contribution in [3.8, 4) is 0 Å². The Morgan fingerprint density at radius 3 is 2.63 bits per heavy atom. The van der Waals surface area contributed by atoms with Crippen molar-refractivity contribution in [2.45, 2.75) is 12.5 Å². The van der Waals surface area contributed by atoms with Gasteiger partial charge in [0.15, 0.2) is 0 Å². The van der Waals surface area contributed by atoms with Crippen molar-refractivity contribution < 1.29 is 0 Å². The van der Waals surface area contributed by atoms with E-state index < -0.39 is 0 Å². The van der Waals surface area contributed by atoms with Gasteiger partial charge in [0.1, 0.15) is 0 Å². The molecule has 4 heteroatoms. The molecule has 1 atom stereocenters. The van der Waals surface area contributed by atoms with Crippen LogP contribution >= 0.6 is 23.2 Å². The zero-order chi connectivity index (χ0) is 13.4. The quantitative estimate of drug-likeness (QED) is 0.836. The summed E-state index contributed by atoms with van der Waals surface area (Å²) in [5, 5.41) is 1.15. The molecule has 0 spiro atoms. The first kappa shape index (κ1) is 12.8. The SMILES string of the molecule is NC1CCN(c2ccc(Cl)c(Cl)c2)c2ccccc21. The van der Waals surface area contributed by atoms with Gasteiger partial charge in [0, 0.05) is 24.0 Å². The Kier molecular flexibility index (Phi) is 3.40. The van der Waals surface area contributed by atoms with E-state index in [0.29, 0.717) is 10.0 Å². The lowest BCUT2D eigenvalue weighted by atomic mass is 9.97. The smallest absolute Gasteiger partial charge is 0.0613 e. The van der Waals surface area contributed by atoms with Gasteiger partial charge in [0.25, 0.3) is 0 Å². The van der Waals surface area contributed by atoms with Crippen molar-refractivity contribution in [1.82, 2.24) is 0 Å². The van der Waals surface area contributed by atoms with E-state index in [4.69, 9.17) is 28.9 Å². The van der Waals surface area contributed by atoms with Gasteiger partial charge in [-0.25, -0.2) is 0 Å². The van der Waals surface area contributed by atoms with Crippen LogP contribution in [0.2, 0.25) is 10.0 Å². The average Bonchev–Trinajstić information content (AvgIpc) is 2.43. The molecule has 3 rings (SSSR count). The number of para-hydroxylation sites is 1. The largest absolute Gasteiger partial charge is 0.341 e. The minimum Gasteiger partial charge on any atom is -0.341 e. The van der Waals surface area contributed by atoms with E-state index in [1.807, 2.05) is 30.3 Å². The average molecular weight is 293 g/mol. The molecule has 2 aromatic carbocycles. The number of hydrogen-bond donors (Lipinski definition) is 1. The number of nitrogens with two attached hydrogens (primary N) is 1. The number of halogens is 2. The monoisotopic (exact) mass is 292 g/mol. The summed E-state index contributed by atoms with van der Waals surface area (Å²) >= 11 is 12.1. The number of fused-ring (bicyclic) bond motifs is 1.